The number of Topliss-reactive ketones (excluding diaryl/α,β-unsaturated/α-hetero) is 1. The van der Waals surface area contributed by atoms with E-state index in [1.807, 2.05) is 0 Å². The van der Waals surface area contributed by atoms with Gasteiger partial charge in [-0.1, -0.05) is 32.4 Å². The summed E-state index contributed by atoms with van der Waals surface area (Å²) in [7, 11) is -6.85. The summed E-state index contributed by atoms with van der Waals surface area (Å²) < 4.78 is 77.9. The average molecular weight is 429 g/mol. The first-order chi connectivity index (χ1) is 12.5. The summed E-state index contributed by atoms with van der Waals surface area (Å²) in [6.07, 6.45) is -0.393. The van der Waals surface area contributed by atoms with Crippen LogP contribution in [0.1, 0.15) is 35.3 Å². The van der Waals surface area contributed by atoms with E-state index >= 15 is 0 Å². The molecular weight excluding hydrogens is 412 g/mol. The van der Waals surface area contributed by atoms with Crippen LogP contribution in [0.2, 0.25) is 0 Å². The van der Waals surface area contributed by atoms with E-state index in [4.69, 9.17) is 0 Å². The first-order valence-electron chi connectivity index (χ1n) is 7.83. The number of rotatable bonds is 6. The number of benzene rings is 1. The van der Waals surface area contributed by atoms with Crippen molar-refractivity contribution in [2.45, 2.75) is 24.2 Å². The van der Waals surface area contributed by atoms with Crippen LogP contribution in [0.4, 0.5) is 29.8 Å². The molecule has 0 radical (unpaired) electrons. The fourth-order valence-corrected chi connectivity index (χ4v) is 3.09. The molecule has 2 rings (SSSR count). The van der Waals surface area contributed by atoms with Crippen LogP contribution in [0.25, 0.3) is 0 Å². The summed E-state index contributed by atoms with van der Waals surface area (Å²) in [6, 6.07) is 1.34. The van der Waals surface area contributed by atoms with Gasteiger partial charge in [-0.15, -0.1) is 0 Å². The molecule has 156 valence electrons. The van der Waals surface area contributed by atoms with Crippen molar-refractivity contribution in [3.8, 4) is 0 Å². The molecule has 12 heteroatoms. The lowest BCUT2D eigenvalue weighted by atomic mass is 9.94. The predicted molar refractivity (Wildman–Crippen MR) is 94.3 cm³/mol. The molecule has 0 aliphatic heterocycles. The van der Waals surface area contributed by atoms with Crippen LogP contribution < -0.4 is 10.5 Å². The zero-order valence-electron chi connectivity index (χ0n) is 15.0. The number of hydrogen-bond acceptors (Lipinski definition) is 4. The van der Waals surface area contributed by atoms with Crippen molar-refractivity contribution in [3.05, 3.63) is 51.7 Å². The number of carbonyl (C=O) groups is 1. The van der Waals surface area contributed by atoms with Crippen molar-refractivity contribution >= 4 is 22.0 Å². The van der Waals surface area contributed by atoms with Crippen molar-refractivity contribution in [1.29, 1.82) is 0 Å². The van der Waals surface area contributed by atoms with Gasteiger partial charge in [-0.25, -0.2) is 9.37 Å². The van der Waals surface area contributed by atoms with Gasteiger partial charge in [-0.2, -0.15) is 0 Å². The summed E-state index contributed by atoms with van der Waals surface area (Å²) in [6.45, 7) is 1.34. The van der Waals surface area contributed by atoms with Crippen LogP contribution in [0.5, 0.6) is 0 Å². The fourth-order valence-electron chi connectivity index (χ4n) is 2.44. The molecular formula is C16H17F6N3O2S. The molecule has 0 aliphatic carbocycles. The summed E-state index contributed by atoms with van der Waals surface area (Å²) in [4.78, 5) is 29.4. The van der Waals surface area contributed by atoms with Gasteiger partial charge in [0.15, 0.2) is 5.78 Å². The van der Waals surface area contributed by atoms with Crippen molar-refractivity contribution < 1.29 is 28.6 Å². The van der Waals surface area contributed by atoms with Gasteiger partial charge in [0, 0.05) is 26.6 Å². The minimum atomic E-state index is -10.0. The highest BCUT2D eigenvalue weighted by molar-refractivity contribution is 8.45. The lowest BCUT2D eigenvalue weighted by Crippen LogP contribution is -2.21. The number of aromatic nitrogens is 2. The van der Waals surface area contributed by atoms with Crippen LogP contribution in [-0.2, 0) is 0 Å². The Balaban J connectivity index is 2.30. The van der Waals surface area contributed by atoms with Gasteiger partial charge in [0.25, 0.3) is 5.56 Å². The lowest BCUT2D eigenvalue weighted by Gasteiger charge is -2.40. The van der Waals surface area contributed by atoms with Crippen LogP contribution in [-0.4, -0.2) is 29.8 Å². The molecule has 0 saturated heterocycles. The Hall–Kier alpha value is -2.50. The molecule has 0 bridgehead atoms. The SMILES string of the molecule is C[C@H](CC(=O)c1cc(=O)[nH]c(N(C)C)n1)c1ccc(S(F)(F)(F)(F)F)cc1F. The summed E-state index contributed by atoms with van der Waals surface area (Å²) in [5.74, 6) is -2.99. The van der Waals surface area contributed by atoms with Crippen molar-refractivity contribution in [1.82, 2.24) is 9.97 Å². The second-order valence-corrected chi connectivity index (χ2v) is 8.94. The van der Waals surface area contributed by atoms with Gasteiger partial charge in [0.05, 0.1) is 0 Å². The van der Waals surface area contributed by atoms with Gasteiger partial charge in [0.2, 0.25) is 5.95 Å². The molecule has 5 nitrogen and oxygen atoms in total. The molecule has 1 heterocycles. The minimum Gasteiger partial charge on any atom is -0.348 e. The number of aromatic amines is 1. The number of H-pyrrole nitrogens is 1. The number of ketones is 1. The molecule has 1 aromatic heterocycles. The highest BCUT2D eigenvalue weighted by Crippen LogP contribution is 3.02. The maximum absolute atomic E-state index is 14.1. The highest BCUT2D eigenvalue weighted by atomic mass is 32.5. The molecule has 1 aromatic carbocycles. The zero-order valence-corrected chi connectivity index (χ0v) is 15.8. The molecule has 0 aliphatic rings. The van der Waals surface area contributed by atoms with E-state index in [-0.39, 0.29) is 29.3 Å². The second kappa shape index (κ2) is 6.26. The molecule has 28 heavy (non-hydrogen) atoms. The quantitative estimate of drug-likeness (QED) is 0.518. The van der Waals surface area contributed by atoms with Crippen molar-refractivity contribution in [3.63, 3.8) is 0 Å². The number of nitrogens with zero attached hydrogens (tertiary/aromatic N) is 2. The third-order valence-corrected chi connectivity index (χ3v) is 5.02. The first-order valence-corrected chi connectivity index (χ1v) is 9.78. The monoisotopic (exact) mass is 429 g/mol. The Labute approximate surface area is 156 Å². The molecule has 0 amide bonds. The number of nitrogens with one attached hydrogen (secondary N) is 1. The molecule has 0 fully saturated rings. The van der Waals surface area contributed by atoms with E-state index < -0.39 is 44.6 Å². The third-order valence-electron chi connectivity index (χ3n) is 3.88. The number of carbonyl (C=O) groups excluding carboxylic acids is 1. The van der Waals surface area contributed by atoms with E-state index in [9.17, 15) is 33.4 Å². The van der Waals surface area contributed by atoms with E-state index in [1.165, 1.54) is 11.8 Å². The van der Waals surface area contributed by atoms with E-state index in [0.29, 0.717) is 6.07 Å². The van der Waals surface area contributed by atoms with Crippen LogP contribution >= 0.6 is 10.2 Å². The van der Waals surface area contributed by atoms with Gasteiger partial charge in [-0.05, 0) is 23.6 Å². The Morgan fingerprint density at radius 2 is 1.79 bits per heavy atom. The molecule has 0 spiro atoms. The predicted octanol–water partition coefficient (Wildman–Crippen LogP) is 5.01. The second-order valence-electron chi connectivity index (χ2n) is 6.53. The molecule has 1 atom stereocenters. The van der Waals surface area contributed by atoms with Crippen LogP contribution in [0.3, 0.4) is 0 Å². The summed E-state index contributed by atoms with van der Waals surface area (Å²) >= 11 is 0. The van der Waals surface area contributed by atoms with Gasteiger partial charge in [0.1, 0.15) is 16.4 Å². The maximum Gasteiger partial charge on any atom is 0.310 e. The summed E-state index contributed by atoms with van der Waals surface area (Å²) in [5.41, 5.74) is -1.14. The van der Waals surface area contributed by atoms with Crippen molar-refractivity contribution in [2.75, 3.05) is 19.0 Å². The Kier molecular flexibility index (Phi) is 4.87. The van der Waals surface area contributed by atoms with Gasteiger partial charge in [-0.3, -0.25) is 14.6 Å². The first kappa shape index (κ1) is 21.8. The Bertz CT molecular complexity index is 989. The normalized spacial score (nSPS) is 15.5. The molecule has 0 saturated carbocycles. The Morgan fingerprint density at radius 1 is 1.18 bits per heavy atom. The smallest absolute Gasteiger partial charge is 0.310 e. The highest BCUT2D eigenvalue weighted by Gasteiger charge is 2.65. The Morgan fingerprint density at radius 3 is 2.29 bits per heavy atom. The van der Waals surface area contributed by atoms with Crippen molar-refractivity contribution in [2.24, 2.45) is 0 Å². The minimum absolute atomic E-state index is 0.0938. The third kappa shape index (κ3) is 5.06. The largest absolute Gasteiger partial charge is 0.348 e. The van der Waals surface area contributed by atoms with E-state index in [2.05, 4.69) is 9.97 Å². The summed E-state index contributed by atoms with van der Waals surface area (Å²) in [5, 5.41) is 0. The van der Waals surface area contributed by atoms with Crippen LogP contribution in [0.15, 0.2) is 34.0 Å². The number of halogens is 6. The average Bonchev–Trinajstić information content (AvgIpc) is 2.51. The van der Waals surface area contributed by atoms with Gasteiger partial charge >= 0.3 is 10.2 Å². The molecule has 1 N–H and O–H groups in total. The molecule has 0 unspecified atom stereocenters. The lowest BCUT2D eigenvalue weighted by molar-refractivity contribution is 0.0970. The fraction of sp³-hybridized carbons (Fsp3) is 0.312. The standard InChI is InChI=1S/C16H17F6N3O2S/c1-9(6-14(26)13-8-15(27)24-16(23-13)25(2)3)11-5-4-10(7-12(11)17)28(18,19,20,21)22/h4-5,7-9H,6H2,1-3H3,(H,23,24,27)/t9-/m1/s1. The maximum atomic E-state index is 14.1. The zero-order chi connectivity index (χ0) is 21.6. The topological polar surface area (TPSA) is 66.1 Å². The van der Waals surface area contributed by atoms with E-state index in [0.717, 1.165) is 6.07 Å². The molecule has 2 aromatic rings. The van der Waals surface area contributed by atoms with E-state index in [1.54, 1.807) is 14.1 Å². The van der Waals surface area contributed by atoms with Crippen LogP contribution in [0, 0.1) is 5.82 Å². The number of hydrogen-bond donors (Lipinski definition) is 1. The number of anilines is 1. The van der Waals surface area contributed by atoms with Gasteiger partial charge < -0.3 is 4.90 Å².